The number of hydrogen-bond donors (Lipinski definition) is 1. The van der Waals surface area contributed by atoms with Gasteiger partial charge in [-0.15, -0.1) is 11.3 Å². The first kappa shape index (κ1) is 15.1. The lowest BCUT2D eigenvalue weighted by atomic mass is 10.1. The Hall–Kier alpha value is -0.260. The zero-order chi connectivity index (χ0) is 14.0. The summed E-state index contributed by atoms with van der Waals surface area (Å²) in [7, 11) is 0. The van der Waals surface area contributed by atoms with Crippen molar-refractivity contribution in [2.45, 2.75) is 19.1 Å². The van der Waals surface area contributed by atoms with Crippen molar-refractivity contribution in [3.8, 4) is 5.75 Å². The number of benzene rings is 1. The van der Waals surface area contributed by atoms with Gasteiger partial charge in [0.25, 0.3) is 0 Å². The summed E-state index contributed by atoms with van der Waals surface area (Å²) in [5.74, 6) is 0.654. The van der Waals surface area contributed by atoms with E-state index >= 15 is 0 Å². The molecule has 0 aliphatic carbocycles. The van der Waals surface area contributed by atoms with Crippen LogP contribution in [0.4, 0.5) is 0 Å². The maximum atomic E-state index is 6.00. The van der Waals surface area contributed by atoms with Crippen LogP contribution < -0.4 is 10.5 Å². The molecule has 2 aromatic rings. The summed E-state index contributed by atoms with van der Waals surface area (Å²) in [5, 5.41) is 2.98. The second-order valence-corrected chi connectivity index (χ2v) is 6.81. The predicted octanol–water partition coefficient (Wildman–Crippen LogP) is 5.28. The molecule has 2 unspecified atom stereocenters. The Morgan fingerprint density at radius 2 is 2.00 bits per heavy atom. The van der Waals surface area contributed by atoms with E-state index in [4.69, 9.17) is 33.7 Å². The predicted molar refractivity (Wildman–Crippen MR) is 85.5 cm³/mol. The standard InChI is InChI=1S/C13H12BrCl2NOS/c1-7(17)13(12-4-8(14)6-19-12)18-9-2-3-10(15)11(16)5-9/h2-7,13H,17H2,1H3. The van der Waals surface area contributed by atoms with Crippen LogP contribution in [0.3, 0.4) is 0 Å². The molecule has 2 atom stereocenters. The highest BCUT2D eigenvalue weighted by molar-refractivity contribution is 9.10. The number of rotatable bonds is 4. The molecule has 0 spiro atoms. The highest BCUT2D eigenvalue weighted by Crippen LogP contribution is 2.33. The van der Waals surface area contributed by atoms with Crippen LogP contribution in [0.15, 0.2) is 34.1 Å². The molecule has 0 aliphatic heterocycles. The Kier molecular flexibility index (Phi) is 5.15. The van der Waals surface area contributed by atoms with Crippen molar-refractivity contribution in [1.82, 2.24) is 0 Å². The fraction of sp³-hybridized carbons (Fsp3) is 0.231. The third kappa shape index (κ3) is 3.86. The van der Waals surface area contributed by atoms with Gasteiger partial charge in [0.2, 0.25) is 0 Å². The molecular formula is C13H12BrCl2NOS. The summed E-state index contributed by atoms with van der Waals surface area (Å²) >= 11 is 16.9. The van der Waals surface area contributed by atoms with Gasteiger partial charge < -0.3 is 10.5 Å². The third-order valence-corrected chi connectivity index (χ3v) is 4.99. The summed E-state index contributed by atoms with van der Waals surface area (Å²) < 4.78 is 6.96. The van der Waals surface area contributed by atoms with Crippen LogP contribution in [0.5, 0.6) is 5.75 Å². The van der Waals surface area contributed by atoms with E-state index in [-0.39, 0.29) is 12.1 Å². The first-order chi connectivity index (χ1) is 8.97. The molecule has 19 heavy (non-hydrogen) atoms. The van der Waals surface area contributed by atoms with Gasteiger partial charge >= 0.3 is 0 Å². The highest BCUT2D eigenvalue weighted by Gasteiger charge is 2.20. The molecule has 1 aromatic carbocycles. The zero-order valence-corrected chi connectivity index (χ0v) is 14.0. The fourth-order valence-corrected chi connectivity index (χ4v) is 3.47. The maximum absolute atomic E-state index is 6.00. The molecule has 6 heteroatoms. The molecule has 1 heterocycles. The zero-order valence-electron chi connectivity index (χ0n) is 10.1. The Balaban J connectivity index is 2.23. The summed E-state index contributed by atoms with van der Waals surface area (Å²) in [6.07, 6.45) is -0.214. The minimum Gasteiger partial charge on any atom is -0.483 e. The number of halogens is 3. The molecule has 2 rings (SSSR count). The SMILES string of the molecule is CC(N)C(Oc1ccc(Cl)c(Cl)c1)c1cc(Br)cs1. The van der Waals surface area contributed by atoms with E-state index in [0.717, 1.165) is 9.35 Å². The molecule has 102 valence electrons. The van der Waals surface area contributed by atoms with Crippen molar-refractivity contribution in [2.75, 3.05) is 0 Å². The van der Waals surface area contributed by atoms with Crippen LogP contribution in [-0.2, 0) is 0 Å². The molecular weight excluding hydrogens is 369 g/mol. The van der Waals surface area contributed by atoms with Gasteiger partial charge in [0.05, 0.1) is 10.0 Å². The van der Waals surface area contributed by atoms with Crippen LogP contribution in [0.25, 0.3) is 0 Å². The summed E-state index contributed by atoms with van der Waals surface area (Å²) in [5.41, 5.74) is 6.00. The fourth-order valence-electron chi connectivity index (χ4n) is 1.60. The van der Waals surface area contributed by atoms with Gasteiger partial charge in [0.15, 0.2) is 0 Å². The molecule has 2 N–H and O–H groups in total. The van der Waals surface area contributed by atoms with Gasteiger partial charge in [0, 0.05) is 26.8 Å². The van der Waals surface area contributed by atoms with E-state index in [0.29, 0.717) is 15.8 Å². The first-order valence-electron chi connectivity index (χ1n) is 5.58. The van der Waals surface area contributed by atoms with Crippen molar-refractivity contribution in [3.63, 3.8) is 0 Å². The van der Waals surface area contributed by atoms with Crippen LogP contribution in [0.2, 0.25) is 10.0 Å². The first-order valence-corrected chi connectivity index (χ1v) is 8.01. The van der Waals surface area contributed by atoms with E-state index in [1.807, 2.05) is 18.4 Å². The van der Waals surface area contributed by atoms with Crippen molar-refractivity contribution >= 4 is 50.5 Å². The quantitative estimate of drug-likeness (QED) is 0.782. The van der Waals surface area contributed by atoms with E-state index in [1.54, 1.807) is 29.5 Å². The third-order valence-electron chi connectivity index (χ3n) is 2.50. The van der Waals surface area contributed by atoms with E-state index in [2.05, 4.69) is 15.9 Å². The van der Waals surface area contributed by atoms with Gasteiger partial charge in [0.1, 0.15) is 11.9 Å². The number of thiophene rings is 1. The van der Waals surface area contributed by atoms with Crippen LogP contribution in [-0.4, -0.2) is 6.04 Å². The van der Waals surface area contributed by atoms with Gasteiger partial charge in [-0.2, -0.15) is 0 Å². The normalized spacial score (nSPS) is 14.2. The average Bonchev–Trinajstić information content (AvgIpc) is 2.76. The second kappa shape index (κ2) is 6.46. The molecule has 0 fully saturated rings. The molecule has 0 amide bonds. The monoisotopic (exact) mass is 379 g/mol. The van der Waals surface area contributed by atoms with E-state index < -0.39 is 0 Å². The largest absolute Gasteiger partial charge is 0.483 e. The minimum absolute atomic E-state index is 0.139. The summed E-state index contributed by atoms with van der Waals surface area (Å²) in [6.45, 7) is 1.91. The molecule has 0 aliphatic rings. The molecule has 0 bridgehead atoms. The second-order valence-electron chi connectivity index (χ2n) is 4.14. The number of ether oxygens (including phenoxy) is 1. The van der Waals surface area contributed by atoms with Gasteiger partial charge in [-0.25, -0.2) is 0 Å². The van der Waals surface area contributed by atoms with Crippen LogP contribution in [0, 0.1) is 0 Å². The number of hydrogen-bond acceptors (Lipinski definition) is 3. The van der Waals surface area contributed by atoms with Crippen LogP contribution in [0.1, 0.15) is 17.9 Å². The Labute approximate surface area is 134 Å². The average molecular weight is 381 g/mol. The Bertz CT molecular complexity index is 574. The maximum Gasteiger partial charge on any atom is 0.148 e. The highest BCUT2D eigenvalue weighted by atomic mass is 79.9. The Morgan fingerprint density at radius 1 is 1.26 bits per heavy atom. The molecule has 0 saturated carbocycles. The van der Waals surface area contributed by atoms with Crippen molar-refractivity contribution < 1.29 is 4.74 Å². The van der Waals surface area contributed by atoms with Gasteiger partial charge in [-0.3, -0.25) is 0 Å². The molecule has 1 aromatic heterocycles. The van der Waals surface area contributed by atoms with Crippen molar-refractivity contribution in [3.05, 3.63) is 49.0 Å². The topological polar surface area (TPSA) is 35.2 Å². The van der Waals surface area contributed by atoms with Crippen molar-refractivity contribution in [2.24, 2.45) is 5.73 Å². The van der Waals surface area contributed by atoms with Crippen LogP contribution >= 0.6 is 50.5 Å². The lowest BCUT2D eigenvalue weighted by Crippen LogP contribution is -2.28. The molecule has 2 nitrogen and oxygen atoms in total. The van der Waals surface area contributed by atoms with E-state index in [9.17, 15) is 0 Å². The lowest BCUT2D eigenvalue weighted by molar-refractivity contribution is 0.184. The Morgan fingerprint density at radius 3 is 2.53 bits per heavy atom. The van der Waals surface area contributed by atoms with Gasteiger partial charge in [-0.05, 0) is 41.1 Å². The lowest BCUT2D eigenvalue weighted by Gasteiger charge is -2.21. The minimum atomic E-state index is -0.214. The summed E-state index contributed by atoms with van der Waals surface area (Å²) in [4.78, 5) is 1.06. The van der Waals surface area contributed by atoms with E-state index in [1.165, 1.54) is 0 Å². The molecule has 0 saturated heterocycles. The number of nitrogens with two attached hydrogens (primary N) is 1. The molecule has 0 radical (unpaired) electrons. The smallest absolute Gasteiger partial charge is 0.148 e. The summed E-state index contributed by atoms with van der Waals surface area (Å²) in [6, 6.07) is 7.06. The van der Waals surface area contributed by atoms with Crippen molar-refractivity contribution in [1.29, 1.82) is 0 Å². The van der Waals surface area contributed by atoms with Gasteiger partial charge in [-0.1, -0.05) is 23.2 Å².